The van der Waals surface area contributed by atoms with E-state index in [1.54, 1.807) is 0 Å². The minimum absolute atomic E-state index is 0.899. The van der Waals surface area contributed by atoms with Crippen LogP contribution in [0, 0.1) is 0 Å². The molecule has 0 aliphatic carbocycles. The van der Waals surface area contributed by atoms with Crippen LogP contribution in [0.2, 0.25) is 0 Å². The van der Waals surface area contributed by atoms with Crippen molar-refractivity contribution < 1.29 is 0 Å². The smallest absolute Gasteiger partial charge is 0.129 e. The minimum Gasteiger partial charge on any atom is -0.297 e. The molecule has 0 spiro atoms. The molecule has 3 fully saturated rings. The van der Waals surface area contributed by atoms with Crippen LogP contribution in [0.15, 0.2) is 15.3 Å². The van der Waals surface area contributed by atoms with Gasteiger partial charge in [-0.05, 0) is 71.1 Å². The summed E-state index contributed by atoms with van der Waals surface area (Å²) in [4.78, 5) is 0. The quantitative estimate of drug-likeness (QED) is 0.662. The van der Waals surface area contributed by atoms with Crippen molar-refractivity contribution >= 4 is 17.1 Å². The molecule has 152 valence electrons. The lowest BCUT2D eigenvalue weighted by molar-refractivity contribution is 0.235. The zero-order chi connectivity index (χ0) is 18.9. The van der Waals surface area contributed by atoms with E-state index in [1.165, 1.54) is 57.8 Å². The maximum absolute atomic E-state index is 5.07. The summed E-state index contributed by atoms with van der Waals surface area (Å²) in [5.74, 6) is 0. The van der Waals surface area contributed by atoms with Gasteiger partial charge < -0.3 is 0 Å². The summed E-state index contributed by atoms with van der Waals surface area (Å²) < 4.78 is 0. The molecule has 3 heterocycles. The van der Waals surface area contributed by atoms with E-state index in [4.69, 9.17) is 15.3 Å². The monoisotopic (exact) mass is 374 g/mol. The molecule has 0 aromatic heterocycles. The second-order valence-electron chi connectivity index (χ2n) is 8.08. The van der Waals surface area contributed by atoms with Crippen LogP contribution in [-0.2, 0) is 0 Å². The Morgan fingerprint density at radius 2 is 1.00 bits per heavy atom. The van der Waals surface area contributed by atoms with Gasteiger partial charge >= 0.3 is 0 Å². The van der Waals surface area contributed by atoms with E-state index in [2.05, 4.69) is 28.9 Å². The number of nitrogens with zero attached hydrogens (tertiary/aromatic N) is 6. The zero-order valence-corrected chi connectivity index (χ0v) is 17.5. The highest BCUT2D eigenvalue weighted by Crippen LogP contribution is 2.14. The van der Waals surface area contributed by atoms with Crippen LogP contribution in [0.3, 0.4) is 0 Å². The lowest BCUT2D eigenvalue weighted by Crippen LogP contribution is -2.35. The molecule has 0 unspecified atom stereocenters. The van der Waals surface area contributed by atoms with Gasteiger partial charge in [-0.3, -0.25) is 15.0 Å². The largest absolute Gasteiger partial charge is 0.297 e. The fraction of sp³-hybridized carbons (Fsp3) is 0.857. The molecule has 0 bridgehead atoms. The number of hydrazone groups is 3. The third-order valence-corrected chi connectivity index (χ3v) is 5.74. The summed E-state index contributed by atoms with van der Waals surface area (Å²) in [5.41, 5.74) is 3.14. The third kappa shape index (κ3) is 6.22. The summed E-state index contributed by atoms with van der Waals surface area (Å²) in [5, 5.41) is 21.8. The van der Waals surface area contributed by atoms with E-state index in [9.17, 15) is 0 Å². The zero-order valence-electron chi connectivity index (χ0n) is 17.5. The Labute approximate surface area is 165 Å². The summed E-state index contributed by atoms with van der Waals surface area (Å²) >= 11 is 0. The Bertz CT molecular complexity index is 535. The molecule has 0 saturated carbocycles. The molecule has 6 nitrogen and oxygen atoms in total. The van der Waals surface area contributed by atoms with Crippen molar-refractivity contribution in [2.75, 3.05) is 39.3 Å². The van der Waals surface area contributed by atoms with Crippen LogP contribution in [0.1, 0.15) is 78.1 Å². The number of piperidine rings is 3. The third-order valence-electron chi connectivity index (χ3n) is 5.74. The van der Waals surface area contributed by atoms with Crippen molar-refractivity contribution in [1.82, 2.24) is 15.0 Å². The van der Waals surface area contributed by atoms with Gasteiger partial charge in [0.25, 0.3) is 0 Å². The van der Waals surface area contributed by atoms with E-state index in [0.717, 1.165) is 62.8 Å². The standard InChI is InChI=1S/C21H38N6/c1-3-20(23-26-15-9-5-10-16-26)21(24-27-17-11-6-12-18-27)19(2)22-25-13-7-4-8-14-25/h3-18H2,1-2H3/b22-19+,23-20+,24-21-. The molecule has 0 aromatic carbocycles. The van der Waals surface area contributed by atoms with Gasteiger partial charge in [0.2, 0.25) is 0 Å². The molecule has 0 radical (unpaired) electrons. The van der Waals surface area contributed by atoms with Crippen molar-refractivity contribution in [3.05, 3.63) is 0 Å². The Hall–Kier alpha value is -1.59. The average Bonchev–Trinajstić information content (AvgIpc) is 2.73. The maximum atomic E-state index is 5.07. The van der Waals surface area contributed by atoms with Crippen molar-refractivity contribution in [2.24, 2.45) is 15.3 Å². The molecule has 0 aromatic rings. The van der Waals surface area contributed by atoms with Crippen LogP contribution in [0.4, 0.5) is 0 Å². The Balaban J connectivity index is 1.83. The predicted molar refractivity (Wildman–Crippen MR) is 115 cm³/mol. The molecular weight excluding hydrogens is 336 g/mol. The van der Waals surface area contributed by atoms with Crippen molar-refractivity contribution in [1.29, 1.82) is 0 Å². The highest BCUT2D eigenvalue weighted by atomic mass is 15.5. The summed E-state index contributed by atoms with van der Waals surface area (Å²) in [6, 6.07) is 0. The molecule has 3 saturated heterocycles. The van der Waals surface area contributed by atoms with Gasteiger partial charge in [0.1, 0.15) is 5.71 Å². The first kappa shape index (κ1) is 20.2. The van der Waals surface area contributed by atoms with E-state index in [-0.39, 0.29) is 0 Å². The van der Waals surface area contributed by atoms with Crippen LogP contribution < -0.4 is 0 Å². The van der Waals surface area contributed by atoms with Crippen LogP contribution in [0.25, 0.3) is 0 Å². The van der Waals surface area contributed by atoms with Gasteiger partial charge in [-0.2, -0.15) is 15.3 Å². The van der Waals surface area contributed by atoms with E-state index >= 15 is 0 Å². The predicted octanol–water partition coefficient (Wildman–Crippen LogP) is 3.94. The SMILES string of the molecule is CCC(=N\N1CCCCC1)/C(=N\N1CCCCC1)C(/C)=N/N1CCCCC1. The van der Waals surface area contributed by atoms with Crippen LogP contribution in [0.5, 0.6) is 0 Å². The van der Waals surface area contributed by atoms with E-state index in [1.807, 2.05) is 0 Å². The van der Waals surface area contributed by atoms with Gasteiger partial charge in [0.05, 0.1) is 11.4 Å². The molecule has 0 amide bonds. The van der Waals surface area contributed by atoms with Crippen LogP contribution in [-0.4, -0.2) is 71.4 Å². The van der Waals surface area contributed by atoms with Gasteiger partial charge in [-0.1, -0.05) is 6.92 Å². The lowest BCUT2D eigenvalue weighted by Gasteiger charge is -2.28. The van der Waals surface area contributed by atoms with Gasteiger partial charge in [0, 0.05) is 39.3 Å². The first-order valence-electron chi connectivity index (χ1n) is 11.2. The Morgan fingerprint density at radius 3 is 1.44 bits per heavy atom. The first-order chi connectivity index (χ1) is 13.3. The molecule has 3 rings (SSSR count). The van der Waals surface area contributed by atoms with Gasteiger partial charge in [-0.15, -0.1) is 0 Å². The van der Waals surface area contributed by atoms with Crippen molar-refractivity contribution in [2.45, 2.75) is 78.1 Å². The molecular formula is C21H38N6. The normalized spacial score (nSPS) is 23.8. The van der Waals surface area contributed by atoms with Crippen molar-refractivity contribution in [3.8, 4) is 0 Å². The summed E-state index contributed by atoms with van der Waals surface area (Å²) in [7, 11) is 0. The minimum atomic E-state index is 0.899. The van der Waals surface area contributed by atoms with Crippen LogP contribution >= 0.6 is 0 Å². The van der Waals surface area contributed by atoms with E-state index in [0.29, 0.717) is 0 Å². The van der Waals surface area contributed by atoms with Gasteiger partial charge in [0.15, 0.2) is 0 Å². The summed E-state index contributed by atoms with van der Waals surface area (Å²) in [6.07, 6.45) is 12.4. The second kappa shape index (κ2) is 10.7. The Morgan fingerprint density at radius 1 is 0.593 bits per heavy atom. The second-order valence-corrected chi connectivity index (χ2v) is 8.08. The molecule has 3 aliphatic rings. The highest BCUT2D eigenvalue weighted by Gasteiger charge is 2.19. The molecule has 27 heavy (non-hydrogen) atoms. The summed E-state index contributed by atoms with van der Waals surface area (Å²) in [6.45, 7) is 10.7. The fourth-order valence-corrected chi connectivity index (χ4v) is 4.13. The molecule has 0 atom stereocenters. The fourth-order valence-electron chi connectivity index (χ4n) is 4.13. The number of hydrogen-bond donors (Lipinski definition) is 0. The molecule has 3 aliphatic heterocycles. The van der Waals surface area contributed by atoms with Crippen molar-refractivity contribution in [3.63, 3.8) is 0 Å². The maximum Gasteiger partial charge on any atom is 0.129 e. The first-order valence-corrected chi connectivity index (χ1v) is 11.2. The van der Waals surface area contributed by atoms with E-state index < -0.39 is 0 Å². The lowest BCUT2D eigenvalue weighted by atomic mass is 10.1. The molecule has 6 heteroatoms. The highest BCUT2D eigenvalue weighted by molar-refractivity contribution is 6.68. The number of rotatable bonds is 6. The average molecular weight is 375 g/mol. The number of hydrogen-bond acceptors (Lipinski definition) is 6. The molecule has 0 N–H and O–H groups in total. The topological polar surface area (TPSA) is 46.8 Å². The van der Waals surface area contributed by atoms with Gasteiger partial charge in [-0.25, -0.2) is 0 Å². The Kier molecular flexibility index (Phi) is 7.96.